The van der Waals surface area contributed by atoms with Gasteiger partial charge >= 0.3 is 0 Å². The molecular weight excluding hydrogens is 224 g/mol. The molecule has 0 nitrogen and oxygen atoms in total. The second kappa shape index (κ2) is 3.35. The molecule has 0 saturated carbocycles. The summed E-state index contributed by atoms with van der Waals surface area (Å²) >= 11 is 3.53. The zero-order chi connectivity index (χ0) is 9.26. The molecule has 0 radical (unpaired) electrons. The lowest BCUT2D eigenvalue weighted by Crippen LogP contribution is -1.76. The van der Waals surface area contributed by atoms with Crippen LogP contribution < -0.4 is 0 Å². The molecule has 0 aromatic heterocycles. The van der Waals surface area contributed by atoms with Crippen LogP contribution in [0.4, 0.5) is 0 Å². The summed E-state index contributed by atoms with van der Waals surface area (Å²) in [5, 5.41) is 2.49. The van der Waals surface area contributed by atoms with Crippen molar-refractivity contribution in [2.24, 2.45) is 0 Å². The summed E-state index contributed by atoms with van der Waals surface area (Å²) < 4.78 is 1.13. The molecule has 0 spiro atoms. The largest absolute Gasteiger partial charge is 0.0985 e. The molecule has 0 aliphatic rings. The smallest absolute Gasteiger partial charge is 0.0253 e. The van der Waals surface area contributed by atoms with Gasteiger partial charge in [-0.25, -0.2) is 0 Å². The molecule has 0 heterocycles. The first-order chi connectivity index (χ1) is 6.31. The molecule has 64 valence electrons. The molecule has 1 heteroatoms. The highest BCUT2D eigenvalue weighted by Crippen LogP contribution is 2.24. The van der Waals surface area contributed by atoms with Crippen molar-refractivity contribution in [2.75, 3.05) is 0 Å². The summed E-state index contributed by atoms with van der Waals surface area (Å²) in [4.78, 5) is 0. The van der Waals surface area contributed by atoms with Crippen LogP contribution in [0.5, 0.6) is 0 Å². The van der Waals surface area contributed by atoms with E-state index in [1.165, 1.54) is 10.8 Å². The Morgan fingerprint density at radius 2 is 2.00 bits per heavy atom. The van der Waals surface area contributed by atoms with Crippen molar-refractivity contribution in [3.05, 3.63) is 53.0 Å². The summed E-state index contributed by atoms with van der Waals surface area (Å²) in [5.74, 6) is 0. The van der Waals surface area contributed by atoms with Gasteiger partial charge in [-0.3, -0.25) is 0 Å². The second-order valence-corrected chi connectivity index (χ2v) is 3.78. The SMILES string of the molecule is C=Cc1ccc2cccc(Br)c2c1. The van der Waals surface area contributed by atoms with Gasteiger partial charge in [0.15, 0.2) is 0 Å². The lowest BCUT2D eigenvalue weighted by Gasteiger charge is -2.01. The van der Waals surface area contributed by atoms with E-state index in [2.05, 4.69) is 52.8 Å². The third-order valence-electron chi connectivity index (χ3n) is 2.09. The maximum Gasteiger partial charge on any atom is 0.0253 e. The highest BCUT2D eigenvalue weighted by Gasteiger charge is 1.97. The van der Waals surface area contributed by atoms with Crippen LogP contribution in [0.15, 0.2) is 47.4 Å². The predicted octanol–water partition coefficient (Wildman–Crippen LogP) is 4.25. The number of hydrogen-bond acceptors (Lipinski definition) is 0. The Hall–Kier alpha value is -1.08. The van der Waals surface area contributed by atoms with E-state index in [1.807, 2.05) is 12.1 Å². The van der Waals surface area contributed by atoms with Gasteiger partial charge in [-0.1, -0.05) is 52.9 Å². The summed E-state index contributed by atoms with van der Waals surface area (Å²) in [6.45, 7) is 3.75. The van der Waals surface area contributed by atoms with E-state index in [0.717, 1.165) is 10.0 Å². The van der Waals surface area contributed by atoms with Crippen LogP contribution in [-0.2, 0) is 0 Å². The molecule has 2 aromatic carbocycles. The summed E-state index contributed by atoms with van der Waals surface area (Å²) in [6, 6.07) is 12.5. The molecule has 0 unspecified atom stereocenters. The number of halogens is 1. The minimum atomic E-state index is 1.13. The van der Waals surface area contributed by atoms with Crippen molar-refractivity contribution in [3.63, 3.8) is 0 Å². The molecule has 0 bridgehead atoms. The zero-order valence-corrected chi connectivity index (χ0v) is 8.71. The summed E-state index contributed by atoms with van der Waals surface area (Å²) in [7, 11) is 0. The van der Waals surface area contributed by atoms with Crippen molar-refractivity contribution < 1.29 is 0 Å². The fourth-order valence-corrected chi connectivity index (χ4v) is 1.88. The highest BCUT2D eigenvalue weighted by molar-refractivity contribution is 9.10. The Morgan fingerprint density at radius 3 is 2.77 bits per heavy atom. The van der Waals surface area contributed by atoms with E-state index < -0.39 is 0 Å². The summed E-state index contributed by atoms with van der Waals surface area (Å²) in [5.41, 5.74) is 1.15. The Kier molecular flexibility index (Phi) is 2.19. The predicted molar refractivity (Wildman–Crippen MR) is 61.7 cm³/mol. The maximum absolute atomic E-state index is 3.75. The van der Waals surface area contributed by atoms with Gasteiger partial charge in [0, 0.05) is 4.47 Å². The van der Waals surface area contributed by atoms with E-state index in [1.54, 1.807) is 0 Å². The maximum atomic E-state index is 3.75. The van der Waals surface area contributed by atoms with E-state index >= 15 is 0 Å². The molecular formula is C12H9Br. The fourth-order valence-electron chi connectivity index (χ4n) is 1.38. The average Bonchev–Trinajstić information content (AvgIpc) is 2.18. The Bertz CT molecular complexity index is 458. The van der Waals surface area contributed by atoms with Crippen LogP contribution in [0.3, 0.4) is 0 Å². The average molecular weight is 233 g/mol. The summed E-state index contributed by atoms with van der Waals surface area (Å²) in [6.07, 6.45) is 1.86. The fraction of sp³-hybridized carbons (Fsp3) is 0. The second-order valence-electron chi connectivity index (χ2n) is 2.92. The standard InChI is InChI=1S/C12H9Br/c1-2-9-6-7-10-4-3-5-12(13)11(10)8-9/h2-8H,1H2. The van der Waals surface area contributed by atoms with Crippen LogP contribution in [0.2, 0.25) is 0 Å². The highest BCUT2D eigenvalue weighted by atomic mass is 79.9. The van der Waals surface area contributed by atoms with Crippen LogP contribution in [0.1, 0.15) is 5.56 Å². The minimum absolute atomic E-state index is 1.13. The monoisotopic (exact) mass is 232 g/mol. The molecule has 0 atom stereocenters. The first-order valence-electron chi connectivity index (χ1n) is 4.12. The van der Waals surface area contributed by atoms with Gasteiger partial charge in [-0.05, 0) is 28.5 Å². The molecule has 2 aromatic rings. The first kappa shape index (κ1) is 8.52. The Labute approximate surface area is 86.0 Å². The van der Waals surface area contributed by atoms with Crippen LogP contribution in [0.25, 0.3) is 16.8 Å². The van der Waals surface area contributed by atoms with E-state index in [0.29, 0.717) is 0 Å². The molecule has 0 N–H and O–H groups in total. The van der Waals surface area contributed by atoms with Crippen LogP contribution in [0, 0.1) is 0 Å². The number of benzene rings is 2. The van der Waals surface area contributed by atoms with Gasteiger partial charge in [0.05, 0.1) is 0 Å². The van der Waals surface area contributed by atoms with Gasteiger partial charge in [-0.2, -0.15) is 0 Å². The van der Waals surface area contributed by atoms with Crippen LogP contribution in [-0.4, -0.2) is 0 Å². The van der Waals surface area contributed by atoms with E-state index in [-0.39, 0.29) is 0 Å². The Morgan fingerprint density at radius 1 is 1.15 bits per heavy atom. The van der Waals surface area contributed by atoms with Gasteiger partial charge in [0.2, 0.25) is 0 Å². The molecule has 0 aliphatic carbocycles. The lowest BCUT2D eigenvalue weighted by molar-refractivity contribution is 1.68. The lowest BCUT2D eigenvalue weighted by atomic mass is 10.1. The van der Waals surface area contributed by atoms with E-state index in [9.17, 15) is 0 Å². The third-order valence-corrected chi connectivity index (χ3v) is 2.78. The van der Waals surface area contributed by atoms with E-state index in [4.69, 9.17) is 0 Å². The van der Waals surface area contributed by atoms with Crippen molar-refractivity contribution in [3.8, 4) is 0 Å². The molecule has 0 fully saturated rings. The van der Waals surface area contributed by atoms with Crippen molar-refractivity contribution in [1.82, 2.24) is 0 Å². The Balaban J connectivity index is 2.81. The molecule has 0 aliphatic heterocycles. The number of rotatable bonds is 1. The van der Waals surface area contributed by atoms with Gasteiger partial charge in [-0.15, -0.1) is 0 Å². The molecule has 2 rings (SSSR count). The third kappa shape index (κ3) is 1.52. The normalized spacial score (nSPS) is 10.2. The van der Waals surface area contributed by atoms with Gasteiger partial charge in [0.1, 0.15) is 0 Å². The first-order valence-corrected chi connectivity index (χ1v) is 4.91. The van der Waals surface area contributed by atoms with Crippen molar-refractivity contribution >= 4 is 32.8 Å². The molecule has 0 amide bonds. The van der Waals surface area contributed by atoms with Crippen molar-refractivity contribution in [2.45, 2.75) is 0 Å². The van der Waals surface area contributed by atoms with Gasteiger partial charge < -0.3 is 0 Å². The zero-order valence-electron chi connectivity index (χ0n) is 7.13. The topological polar surface area (TPSA) is 0 Å². The van der Waals surface area contributed by atoms with Crippen molar-refractivity contribution in [1.29, 1.82) is 0 Å². The number of hydrogen-bond donors (Lipinski definition) is 0. The quantitative estimate of drug-likeness (QED) is 0.690. The minimum Gasteiger partial charge on any atom is -0.0985 e. The van der Waals surface area contributed by atoms with Crippen LogP contribution >= 0.6 is 15.9 Å². The molecule has 0 saturated heterocycles. The molecule has 13 heavy (non-hydrogen) atoms. The number of fused-ring (bicyclic) bond motifs is 1. The van der Waals surface area contributed by atoms with Gasteiger partial charge in [0.25, 0.3) is 0 Å².